The van der Waals surface area contributed by atoms with Gasteiger partial charge in [-0.2, -0.15) is 0 Å². The van der Waals surface area contributed by atoms with Crippen LogP contribution in [0.4, 0.5) is 5.69 Å². The molecule has 1 amide bonds. The van der Waals surface area contributed by atoms with Crippen molar-refractivity contribution in [3.05, 3.63) is 64.2 Å². The average Bonchev–Trinajstić information content (AvgIpc) is 2.45. The molecule has 0 bridgehead atoms. The van der Waals surface area contributed by atoms with Crippen molar-refractivity contribution in [2.75, 3.05) is 12.8 Å². The number of carbonyl (C=O) groups excluding carboxylic acids is 1. The molecule has 0 aliphatic rings. The van der Waals surface area contributed by atoms with Crippen LogP contribution in [0.3, 0.4) is 0 Å². The summed E-state index contributed by atoms with van der Waals surface area (Å²) in [7, 11) is 1.76. The van der Waals surface area contributed by atoms with Gasteiger partial charge in [0.05, 0.1) is 11.6 Å². The summed E-state index contributed by atoms with van der Waals surface area (Å²) in [5, 5.41) is 0.654. The summed E-state index contributed by atoms with van der Waals surface area (Å²) in [4.78, 5) is 14.3. The SMILES string of the molecule is Cc1ccc(C(=O)N(C)C(C)c2ccccc2Cl)c(N)c1. The highest BCUT2D eigenvalue weighted by Crippen LogP contribution is 2.28. The summed E-state index contributed by atoms with van der Waals surface area (Å²) in [6.45, 7) is 3.89. The number of hydrogen-bond donors (Lipinski definition) is 1. The molecule has 2 aromatic carbocycles. The van der Waals surface area contributed by atoms with E-state index in [0.717, 1.165) is 11.1 Å². The first-order valence-corrected chi connectivity index (χ1v) is 7.17. The number of nitrogens with two attached hydrogens (primary N) is 1. The lowest BCUT2D eigenvalue weighted by Crippen LogP contribution is -2.30. The number of nitrogens with zero attached hydrogens (tertiary/aromatic N) is 1. The molecule has 1 atom stereocenters. The number of aryl methyl sites for hydroxylation is 1. The van der Waals surface area contributed by atoms with Crippen LogP contribution in [-0.4, -0.2) is 17.9 Å². The lowest BCUT2D eigenvalue weighted by atomic mass is 10.0. The molecule has 0 fully saturated rings. The van der Waals surface area contributed by atoms with E-state index in [1.807, 2.05) is 44.2 Å². The molecule has 21 heavy (non-hydrogen) atoms. The van der Waals surface area contributed by atoms with Gasteiger partial charge in [0.2, 0.25) is 0 Å². The van der Waals surface area contributed by atoms with Crippen molar-refractivity contribution in [3.63, 3.8) is 0 Å². The van der Waals surface area contributed by atoms with E-state index in [2.05, 4.69) is 0 Å². The first kappa shape index (κ1) is 15.4. The molecule has 0 heterocycles. The number of amides is 1. The molecule has 2 aromatic rings. The molecule has 0 aliphatic carbocycles. The number of nitrogen functional groups attached to an aromatic ring is 1. The Hall–Kier alpha value is -2.00. The van der Waals surface area contributed by atoms with Gasteiger partial charge in [0.1, 0.15) is 0 Å². The zero-order chi connectivity index (χ0) is 15.6. The van der Waals surface area contributed by atoms with Crippen molar-refractivity contribution in [1.82, 2.24) is 4.90 Å². The van der Waals surface area contributed by atoms with Crippen LogP contribution >= 0.6 is 11.6 Å². The van der Waals surface area contributed by atoms with Crippen LogP contribution in [-0.2, 0) is 0 Å². The molecular weight excluding hydrogens is 284 g/mol. The molecule has 1 unspecified atom stereocenters. The second-order valence-corrected chi connectivity index (χ2v) is 5.61. The molecule has 3 nitrogen and oxygen atoms in total. The van der Waals surface area contributed by atoms with Crippen LogP contribution in [0.15, 0.2) is 42.5 Å². The van der Waals surface area contributed by atoms with Crippen LogP contribution in [0.25, 0.3) is 0 Å². The second kappa shape index (κ2) is 6.19. The van der Waals surface area contributed by atoms with Crippen LogP contribution < -0.4 is 5.73 Å². The summed E-state index contributed by atoms with van der Waals surface area (Å²) < 4.78 is 0. The second-order valence-electron chi connectivity index (χ2n) is 5.20. The first-order valence-electron chi connectivity index (χ1n) is 6.79. The van der Waals surface area contributed by atoms with E-state index in [1.54, 1.807) is 24.1 Å². The fourth-order valence-corrected chi connectivity index (χ4v) is 2.56. The fourth-order valence-electron chi connectivity index (χ4n) is 2.27. The van der Waals surface area contributed by atoms with Gasteiger partial charge in [-0.3, -0.25) is 4.79 Å². The molecule has 0 spiro atoms. The van der Waals surface area contributed by atoms with E-state index >= 15 is 0 Å². The molecule has 0 saturated carbocycles. The Labute approximate surface area is 130 Å². The number of rotatable bonds is 3. The van der Waals surface area contributed by atoms with Crippen LogP contribution in [0.1, 0.15) is 34.5 Å². The minimum Gasteiger partial charge on any atom is -0.398 e. The maximum absolute atomic E-state index is 12.6. The fraction of sp³-hybridized carbons (Fsp3) is 0.235. The molecule has 2 rings (SSSR count). The van der Waals surface area contributed by atoms with Crippen LogP contribution in [0.2, 0.25) is 5.02 Å². The summed E-state index contributed by atoms with van der Waals surface area (Å²) in [6.07, 6.45) is 0. The molecule has 0 aliphatic heterocycles. The van der Waals surface area contributed by atoms with Crippen molar-refractivity contribution in [2.45, 2.75) is 19.9 Å². The van der Waals surface area contributed by atoms with Crippen molar-refractivity contribution >= 4 is 23.2 Å². The Morgan fingerprint density at radius 3 is 2.52 bits per heavy atom. The standard InChI is InChI=1S/C17H19ClN2O/c1-11-8-9-14(16(19)10-11)17(21)20(3)12(2)13-6-4-5-7-15(13)18/h4-10,12H,19H2,1-3H3. The monoisotopic (exact) mass is 302 g/mol. The predicted molar refractivity (Wildman–Crippen MR) is 87.6 cm³/mol. The average molecular weight is 303 g/mol. The Bertz CT molecular complexity index is 670. The highest BCUT2D eigenvalue weighted by molar-refractivity contribution is 6.31. The number of benzene rings is 2. The van der Waals surface area contributed by atoms with Gasteiger partial charge < -0.3 is 10.6 Å². The highest BCUT2D eigenvalue weighted by Gasteiger charge is 2.21. The number of carbonyl (C=O) groups is 1. The highest BCUT2D eigenvalue weighted by atomic mass is 35.5. The van der Waals surface area contributed by atoms with Gasteiger partial charge in [-0.05, 0) is 43.2 Å². The van der Waals surface area contributed by atoms with Crippen molar-refractivity contribution in [3.8, 4) is 0 Å². The normalized spacial score (nSPS) is 12.0. The van der Waals surface area contributed by atoms with Gasteiger partial charge in [-0.15, -0.1) is 0 Å². The van der Waals surface area contributed by atoms with Gasteiger partial charge in [0.15, 0.2) is 0 Å². The topological polar surface area (TPSA) is 46.3 Å². The summed E-state index contributed by atoms with van der Waals surface area (Å²) in [6, 6.07) is 12.9. The first-order chi connectivity index (χ1) is 9.91. The maximum Gasteiger partial charge on any atom is 0.256 e. The third-order valence-electron chi connectivity index (χ3n) is 3.69. The molecular formula is C17H19ClN2O. The summed E-state index contributed by atoms with van der Waals surface area (Å²) in [5.41, 5.74) is 8.92. The maximum atomic E-state index is 12.6. The Morgan fingerprint density at radius 1 is 1.24 bits per heavy atom. The molecule has 0 radical (unpaired) electrons. The lowest BCUT2D eigenvalue weighted by Gasteiger charge is -2.26. The van der Waals surface area contributed by atoms with Crippen LogP contribution in [0.5, 0.6) is 0 Å². The van der Waals surface area contributed by atoms with Crippen molar-refractivity contribution < 1.29 is 4.79 Å². The Morgan fingerprint density at radius 2 is 1.90 bits per heavy atom. The van der Waals surface area contributed by atoms with Gasteiger partial charge in [-0.25, -0.2) is 0 Å². The quantitative estimate of drug-likeness (QED) is 0.869. The zero-order valence-electron chi connectivity index (χ0n) is 12.4. The number of halogens is 1. The molecule has 0 aromatic heterocycles. The Kier molecular flexibility index (Phi) is 4.53. The molecule has 0 saturated heterocycles. The van der Waals surface area contributed by atoms with E-state index in [0.29, 0.717) is 16.3 Å². The molecule has 2 N–H and O–H groups in total. The molecule has 110 valence electrons. The summed E-state index contributed by atoms with van der Waals surface area (Å²) >= 11 is 6.20. The lowest BCUT2D eigenvalue weighted by molar-refractivity contribution is 0.0744. The number of hydrogen-bond acceptors (Lipinski definition) is 2. The third-order valence-corrected chi connectivity index (χ3v) is 4.04. The van der Waals surface area contributed by atoms with Gasteiger partial charge >= 0.3 is 0 Å². The smallest absolute Gasteiger partial charge is 0.256 e. The van der Waals surface area contributed by atoms with Gasteiger partial charge in [0.25, 0.3) is 5.91 Å². The van der Waals surface area contributed by atoms with Gasteiger partial charge in [0, 0.05) is 17.8 Å². The third kappa shape index (κ3) is 3.19. The number of anilines is 1. The largest absolute Gasteiger partial charge is 0.398 e. The van der Waals surface area contributed by atoms with E-state index in [-0.39, 0.29) is 11.9 Å². The summed E-state index contributed by atoms with van der Waals surface area (Å²) in [5.74, 6) is -0.111. The van der Waals surface area contributed by atoms with E-state index < -0.39 is 0 Å². The van der Waals surface area contributed by atoms with Crippen LogP contribution in [0, 0.1) is 6.92 Å². The van der Waals surface area contributed by atoms with E-state index in [9.17, 15) is 4.79 Å². The predicted octanol–water partition coefficient (Wildman–Crippen LogP) is 4.06. The van der Waals surface area contributed by atoms with Gasteiger partial charge in [-0.1, -0.05) is 35.9 Å². The minimum atomic E-state index is -0.132. The van der Waals surface area contributed by atoms with Crippen molar-refractivity contribution in [2.24, 2.45) is 0 Å². The zero-order valence-corrected chi connectivity index (χ0v) is 13.2. The van der Waals surface area contributed by atoms with E-state index in [4.69, 9.17) is 17.3 Å². The van der Waals surface area contributed by atoms with E-state index in [1.165, 1.54) is 0 Å². The van der Waals surface area contributed by atoms with Crippen molar-refractivity contribution in [1.29, 1.82) is 0 Å². The molecule has 4 heteroatoms. The Balaban J connectivity index is 2.29. The minimum absolute atomic E-state index is 0.111.